The van der Waals surface area contributed by atoms with Crippen LogP contribution >= 0.6 is 12.4 Å². The minimum absolute atomic E-state index is 0. The molecular weight excluding hydrogens is 350 g/mol. The molecule has 3 N–H and O–H groups in total. The Balaban J connectivity index is 0.00000225. The van der Waals surface area contributed by atoms with Crippen LogP contribution < -0.4 is 10.6 Å². The molecule has 4 nitrogen and oxygen atoms in total. The fraction of sp³-hybridized carbons (Fsp3) is 0.278. The highest BCUT2D eigenvalue weighted by Crippen LogP contribution is 2.22. The zero-order valence-corrected chi connectivity index (χ0v) is 14.2. The SMILES string of the molecule is Cl.O=C(NCC1CNCC1O)c1ccc(-c2ccc(F)cc2)cc1F. The highest BCUT2D eigenvalue weighted by atomic mass is 35.5. The van der Waals surface area contributed by atoms with Gasteiger partial charge in [-0.15, -0.1) is 12.4 Å². The zero-order valence-electron chi connectivity index (χ0n) is 13.3. The number of aliphatic hydroxyl groups excluding tert-OH is 1. The first-order chi connectivity index (χ1) is 11.5. The minimum Gasteiger partial charge on any atom is -0.391 e. The van der Waals surface area contributed by atoms with Crippen LogP contribution in [-0.4, -0.2) is 36.8 Å². The minimum atomic E-state index is -0.639. The summed E-state index contributed by atoms with van der Waals surface area (Å²) in [7, 11) is 0. The maximum Gasteiger partial charge on any atom is 0.254 e. The summed E-state index contributed by atoms with van der Waals surface area (Å²) in [5.41, 5.74) is 1.18. The molecule has 25 heavy (non-hydrogen) atoms. The first kappa shape index (κ1) is 19.3. The Bertz CT molecular complexity index is 740. The summed E-state index contributed by atoms with van der Waals surface area (Å²) in [4.78, 5) is 12.1. The number of halogens is 3. The van der Waals surface area contributed by atoms with Crippen molar-refractivity contribution >= 4 is 18.3 Å². The lowest BCUT2D eigenvalue weighted by Gasteiger charge is -2.14. The molecule has 1 fully saturated rings. The summed E-state index contributed by atoms with van der Waals surface area (Å²) in [6.45, 7) is 1.40. The number of benzene rings is 2. The molecule has 2 aromatic carbocycles. The quantitative estimate of drug-likeness (QED) is 0.776. The number of hydrogen-bond donors (Lipinski definition) is 3. The fourth-order valence-corrected chi connectivity index (χ4v) is 2.77. The average molecular weight is 369 g/mol. The monoisotopic (exact) mass is 368 g/mol. The van der Waals surface area contributed by atoms with E-state index in [1.807, 2.05) is 0 Å². The van der Waals surface area contributed by atoms with Gasteiger partial charge in [-0.25, -0.2) is 8.78 Å². The van der Waals surface area contributed by atoms with E-state index in [1.54, 1.807) is 18.2 Å². The van der Waals surface area contributed by atoms with E-state index < -0.39 is 17.8 Å². The number of β-amino-alcohol motifs (C(OH)–C–C–N with tert-alkyl or cyclic N) is 1. The van der Waals surface area contributed by atoms with Gasteiger partial charge < -0.3 is 15.7 Å². The van der Waals surface area contributed by atoms with E-state index >= 15 is 0 Å². The van der Waals surface area contributed by atoms with Crippen LogP contribution in [-0.2, 0) is 0 Å². The molecule has 0 bridgehead atoms. The van der Waals surface area contributed by atoms with E-state index in [9.17, 15) is 18.7 Å². The molecule has 0 aliphatic carbocycles. The third-order valence-electron chi connectivity index (χ3n) is 4.22. The van der Waals surface area contributed by atoms with Crippen LogP contribution in [0.15, 0.2) is 42.5 Å². The van der Waals surface area contributed by atoms with Crippen molar-refractivity contribution in [3.8, 4) is 11.1 Å². The number of carbonyl (C=O) groups is 1. The zero-order chi connectivity index (χ0) is 17.1. The molecule has 7 heteroatoms. The standard InChI is InChI=1S/C18H18F2N2O2.ClH/c19-14-4-1-11(2-5-14)12-3-6-15(16(20)7-12)18(24)22-9-13-8-21-10-17(13)23;/h1-7,13,17,21,23H,8-10H2,(H,22,24);1H. The number of aliphatic hydroxyl groups is 1. The van der Waals surface area contributed by atoms with Gasteiger partial charge in [-0.05, 0) is 35.4 Å². The summed E-state index contributed by atoms with van der Waals surface area (Å²) in [5.74, 6) is -1.59. The molecule has 0 saturated carbocycles. The predicted molar refractivity (Wildman–Crippen MR) is 93.7 cm³/mol. The second kappa shape index (κ2) is 8.38. The Morgan fingerprint density at radius 1 is 1.12 bits per heavy atom. The Kier molecular flexibility index (Phi) is 6.47. The van der Waals surface area contributed by atoms with Crippen LogP contribution in [0.5, 0.6) is 0 Å². The largest absolute Gasteiger partial charge is 0.391 e. The molecule has 134 valence electrons. The van der Waals surface area contributed by atoms with E-state index in [4.69, 9.17) is 0 Å². The normalized spacial score (nSPS) is 19.3. The molecule has 0 spiro atoms. The van der Waals surface area contributed by atoms with Crippen molar-refractivity contribution < 1.29 is 18.7 Å². The van der Waals surface area contributed by atoms with Crippen molar-refractivity contribution in [1.82, 2.24) is 10.6 Å². The number of nitrogens with one attached hydrogen (secondary N) is 2. The summed E-state index contributed by atoms with van der Waals surface area (Å²) < 4.78 is 27.2. The van der Waals surface area contributed by atoms with Crippen LogP contribution in [0, 0.1) is 17.6 Å². The van der Waals surface area contributed by atoms with Gasteiger partial charge in [0.25, 0.3) is 5.91 Å². The fourth-order valence-electron chi connectivity index (χ4n) is 2.77. The van der Waals surface area contributed by atoms with Gasteiger partial charge in [0.05, 0.1) is 11.7 Å². The van der Waals surface area contributed by atoms with Crippen LogP contribution in [0.3, 0.4) is 0 Å². The summed E-state index contributed by atoms with van der Waals surface area (Å²) in [6, 6.07) is 10.00. The number of carbonyl (C=O) groups excluding carboxylic acids is 1. The molecule has 2 unspecified atom stereocenters. The summed E-state index contributed by atoms with van der Waals surface area (Å²) >= 11 is 0. The van der Waals surface area contributed by atoms with Crippen molar-refractivity contribution in [2.75, 3.05) is 19.6 Å². The average Bonchev–Trinajstić information content (AvgIpc) is 2.98. The van der Waals surface area contributed by atoms with Gasteiger partial charge in [0.2, 0.25) is 0 Å². The molecule has 3 rings (SSSR count). The van der Waals surface area contributed by atoms with E-state index in [1.165, 1.54) is 24.3 Å². The Labute approximate surface area is 150 Å². The molecule has 2 atom stereocenters. The number of amides is 1. The van der Waals surface area contributed by atoms with Crippen molar-refractivity contribution in [3.63, 3.8) is 0 Å². The third kappa shape index (κ3) is 4.54. The molecule has 0 aromatic heterocycles. The Hall–Kier alpha value is -2.02. The third-order valence-corrected chi connectivity index (χ3v) is 4.22. The van der Waals surface area contributed by atoms with E-state index in [-0.39, 0.29) is 36.3 Å². The smallest absolute Gasteiger partial charge is 0.254 e. The highest BCUT2D eigenvalue weighted by Gasteiger charge is 2.25. The maximum atomic E-state index is 14.2. The van der Waals surface area contributed by atoms with Crippen molar-refractivity contribution in [2.45, 2.75) is 6.10 Å². The first-order valence-corrected chi connectivity index (χ1v) is 7.77. The molecule has 1 aliphatic rings. The number of rotatable bonds is 4. The predicted octanol–water partition coefficient (Wildman–Crippen LogP) is 2.36. The van der Waals surface area contributed by atoms with Gasteiger partial charge in [0, 0.05) is 25.6 Å². The van der Waals surface area contributed by atoms with Crippen LogP contribution in [0.2, 0.25) is 0 Å². The van der Waals surface area contributed by atoms with Gasteiger partial charge in [0.1, 0.15) is 11.6 Å². The van der Waals surface area contributed by atoms with E-state index in [0.29, 0.717) is 24.2 Å². The second-order valence-electron chi connectivity index (χ2n) is 5.90. The van der Waals surface area contributed by atoms with Crippen molar-refractivity contribution in [2.24, 2.45) is 5.92 Å². The molecule has 1 heterocycles. The molecule has 2 aromatic rings. The Morgan fingerprint density at radius 2 is 1.80 bits per heavy atom. The second-order valence-corrected chi connectivity index (χ2v) is 5.90. The Morgan fingerprint density at radius 3 is 2.40 bits per heavy atom. The lowest BCUT2D eigenvalue weighted by atomic mass is 10.0. The van der Waals surface area contributed by atoms with Gasteiger partial charge >= 0.3 is 0 Å². The summed E-state index contributed by atoms with van der Waals surface area (Å²) in [6.07, 6.45) is -0.504. The highest BCUT2D eigenvalue weighted by molar-refractivity contribution is 5.95. The maximum absolute atomic E-state index is 14.2. The molecule has 0 radical (unpaired) electrons. The van der Waals surface area contributed by atoms with Gasteiger partial charge in [-0.1, -0.05) is 18.2 Å². The van der Waals surface area contributed by atoms with E-state index in [2.05, 4.69) is 10.6 Å². The van der Waals surface area contributed by atoms with Crippen LogP contribution in [0.1, 0.15) is 10.4 Å². The lowest BCUT2D eigenvalue weighted by Crippen LogP contribution is -2.34. The molecular formula is C18H19ClF2N2O2. The van der Waals surface area contributed by atoms with Gasteiger partial charge in [0.15, 0.2) is 0 Å². The molecule has 1 aliphatic heterocycles. The van der Waals surface area contributed by atoms with Crippen LogP contribution in [0.4, 0.5) is 8.78 Å². The molecule has 1 amide bonds. The molecule has 1 saturated heterocycles. The summed E-state index contributed by atoms with van der Waals surface area (Å²) in [5, 5.41) is 15.4. The van der Waals surface area contributed by atoms with Crippen molar-refractivity contribution in [1.29, 1.82) is 0 Å². The number of hydrogen-bond acceptors (Lipinski definition) is 3. The van der Waals surface area contributed by atoms with Gasteiger partial charge in [-0.3, -0.25) is 4.79 Å². The van der Waals surface area contributed by atoms with Crippen molar-refractivity contribution in [3.05, 3.63) is 59.7 Å². The van der Waals surface area contributed by atoms with Crippen LogP contribution in [0.25, 0.3) is 11.1 Å². The first-order valence-electron chi connectivity index (χ1n) is 7.77. The topological polar surface area (TPSA) is 61.4 Å². The van der Waals surface area contributed by atoms with E-state index in [0.717, 1.165) is 0 Å². The van der Waals surface area contributed by atoms with Gasteiger partial charge in [-0.2, -0.15) is 0 Å². The lowest BCUT2D eigenvalue weighted by molar-refractivity contribution is 0.0923.